The van der Waals surface area contributed by atoms with E-state index in [0.717, 1.165) is 50.7 Å². The van der Waals surface area contributed by atoms with E-state index >= 15 is 0 Å². The molecule has 1 saturated carbocycles. The molecule has 112 valence electrons. The topological polar surface area (TPSA) is 72.2 Å². The van der Waals surface area contributed by atoms with E-state index in [1.165, 1.54) is 12.5 Å². The van der Waals surface area contributed by atoms with Gasteiger partial charge < -0.3 is 5.73 Å². The molecule has 0 heterocycles. The van der Waals surface area contributed by atoms with E-state index in [-0.39, 0.29) is 16.6 Å². The van der Waals surface area contributed by atoms with Gasteiger partial charge in [0.2, 0.25) is 10.0 Å². The molecule has 0 aliphatic heterocycles. The molecule has 6 heteroatoms. The molecule has 0 spiro atoms. The van der Waals surface area contributed by atoms with Crippen molar-refractivity contribution in [2.75, 3.05) is 5.73 Å². The van der Waals surface area contributed by atoms with Crippen molar-refractivity contribution in [3.63, 3.8) is 0 Å². The fourth-order valence-corrected chi connectivity index (χ4v) is 4.05. The Labute approximate surface area is 119 Å². The lowest BCUT2D eigenvalue weighted by atomic mass is 9.97. The van der Waals surface area contributed by atoms with Crippen LogP contribution in [0.4, 0.5) is 10.1 Å². The van der Waals surface area contributed by atoms with E-state index in [9.17, 15) is 12.8 Å². The molecule has 0 aromatic heterocycles. The van der Waals surface area contributed by atoms with E-state index in [1.54, 1.807) is 0 Å². The van der Waals surface area contributed by atoms with Gasteiger partial charge in [0.15, 0.2) is 0 Å². The summed E-state index contributed by atoms with van der Waals surface area (Å²) in [5, 5.41) is 0. The lowest BCUT2D eigenvalue weighted by Gasteiger charge is -2.21. The van der Waals surface area contributed by atoms with E-state index in [0.29, 0.717) is 0 Å². The van der Waals surface area contributed by atoms with Crippen LogP contribution in [0.2, 0.25) is 0 Å². The van der Waals surface area contributed by atoms with Crippen LogP contribution in [0.5, 0.6) is 0 Å². The van der Waals surface area contributed by atoms with E-state index in [1.807, 2.05) is 0 Å². The Hall–Kier alpha value is -1.14. The Bertz CT molecular complexity index is 552. The fourth-order valence-electron chi connectivity index (χ4n) is 2.60. The fraction of sp³-hybridized carbons (Fsp3) is 0.571. The molecular weight excluding hydrogens is 279 g/mol. The zero-order chi connectivity index (χ0) is 14.6. The van der Waals surface area contributed by atoms with Crippen molar-refractivity contribution in [2.24, 2.45) is 0 Å². The summed E-state index contributed by atoms with van der Waals surface area (Å²) in [4.78, 5) is -0.167. The van der Waals surface area contributed by atoms with Crippen molar-refractivity contribution in [1.82, 2.24) is 4.72 Å². The van der Waals surface area contributed by atoms with Gasteiger partial charge in [-0.3, -0.25) is 0 Å². The molecule has 0 bridgehead atoms. The van der Waals surface area contributed by atoms with Crippen molar-refractivity contribution >= 4 is 15.7 Å². The molecule has 0 saturated heterocycles. The van der Waals surface area contributed by atoms with Gasteiger partial charge in [0.05, 0.1) is 5.69 Å². The molecule has 4 nitrogen and oxygen atoms in total. The van der Waals surface area contributed by atoms with Gasteiger partial charge in [-0.15, -0.1) is 0 Å². The SMILES string of the molecule is Nc1ccc(F)cc1S(=O)(=O)NC1CCCCCCC1. The summed E-state index contributed by atoms with van der Waals surface area (Å²) >= 11 is 0. The highest BCUT2D eigenvalue weighted by Gasteiger charge is 2.23. The van der Waals surface area contributed by atoms with Gasteiger partial charge in [0.1, 0.15) is 10.7 Å². The summed E-state index contributed by atoms with van der Waals surface area (Å²) in [6, 6.07) is 3.33. The lowest BCUT2D eigenvalue weighted by molar-refractivity contribution is 0.426. The zero-order valence-electron chi connectivity index (χ0n) is 11.4. The summed E-state index contributed by atoms with van der Waals surface area (Å²) in [7, 11) is -3.76. The van der Waals surface area contributed by atoms with Crippen molar-refractivity contribution < 1.29 is 12.8 Å². The first-order valence-corrected chi connectivity index (χ1v) is 8.55. The average Bonchev–Trinajstić information content (AvgIpc) is 2.35. The minimum Gasteiger partial charge on any atom is -0.398 e. The van der Waals surface area contributed by atoms with Crippen molar-refractivity contribution in [1.29, 1.82) is 0 Å². The number of nitrogens with one attached hydrogen (secondary N) is 1. The first kappa shape index (κ1) is 15.3. The van der Waals surface area contributed by atoms with Gasteiger partial charge in [-0.05, 0) is 31.0 Å². The molecule has 1 aromatic carbocycles. The predicted octanol–water partition coefficient (Wildman–Crippen LogP) is 2.80. The van der Waals surface area contributed by atoms with E-state index in [4.69, 9.17) is 5.73 Å². The maximum Gasteiger partial charge on any atom is 0.242 e. The Morgan fingerprint density at radius 1 is 1.10 bits per heavy atom. The van der Waals surface area contributed by atoms with E-state index < -0.39 is 15.8 Å². The molecule has 1 fully saturated rings. The third-order valence-electron chi connectivity index (χ3n) is 3.69. The van der Waals surface area contributed by atoms with E-state index in [2.05, 4.69) is 4.72 Å². The molecular formula is C14H21FN2O2S. The van der Waals surface area contributed by atoms with Gasteiger partial charge in [0, 0.05) is 6.04 Å². The number of halogens is 1. The molecule has 3 N–H and O–H groups in total. The van der Waals surface area contributed by atoms with Crippen LogP contribution in [0.1, 0.15) is 44.9 Å². The number of hydrogen-bond acceptors (Lipinski definition) is 3. The second kappa shape index (κ2) is 6.54. The van der Waals surface area contributed by atoms with Gasteiger partial charge in [-0.2, -0.15) is 0 Å². The minimum absolute atomic E-state index is 0.0738. The second-order valence-electron chi connectivity index (χ2n) is 5.35. The van der Waals surface area contributed by atoms with Crippen LogP contribution in [0.15, 0.2) is 23.1 Å². The Kier molecular flexibility index (Phi) is 4.99. The first-order chi connectivity index (χ1) is 9.49. The highest BCUT2D eigenvalue weighted by molar-refractivity contribution is 7.89. The second-order valence-corrected chi connectivity index (χ2v) is 7.03. The van der Waals surface area contributed by atoms with Crippen LogP contribution in [0, 0.1) is 5.82 Å². The highest BCUT2D eigenvalue weighted by atomic mass is 32.2. The Morgan fingerprint density at radius 2 is 1.70 bits per heavy atom. The van der Waals surface area contributed by atoms with Gasteiger partial charge in [0.25, 0.3) is 0 Å². The molecule has 0 unspecified atom stereocenters. The number of benzene rings is 1. The molecule has 0 radical (unpaired) electrons. The van der Waals surface area contributed by atoms with Crippen LogP contribution >= 0.6 is 0 Å². The monoisotopic (exact) mass is 300 g/mol. The van der Waals surface area contributed by atoms with Crippen LogP contribution in [0.25, 0.3) is 0 Å². The third-order valence-corrected chi connectivity index (χ3v) is 5.27. The van der Waals surface area contributed by atoms with Crippen molar-refractivity contribution in [3.8, 4) is 0 Å². The van der Waals surface area contributed by atoms with Crippen LogP contribution < -0.4 is 10.5 Å². The van der Waals surface area contributed by atoms with Crippen molar-refractivity contribution in [2.45, 2.75) is 55.9 Å². The molecule has 20 heavy (non-hydrogen) atoms. The number of nitrogen functional groups attached to an aromatic ring is 1. The number of nitrogens with two attached hydrogens (primary N) is 1. The van der Waals surface area contributed by atoms with Crippen LogP contribution in [-0.2, 0) is 10.0 Å². The summed E-state index contributed by atoms with van der Waals surface area (Å²) < 4.78 is 40.5. The van der Waals surface area contributed by atoms with Gasteiger partial charge >= 0.3 is 0 Å². The molecule has 0 amide bonds. The number of sulfonamides is 1. The normalized spacial score (nSPS) is 18.4. The summed E-state index contributed by atoms with van der Waals surface area (Å²) in [6.07, 6.45) is 7.19. The predicted molar refractivity (Wildman–Crippen MR) is 77.2 cm³/mol. The maximum absolute atomic E-state index is 13.2. The quantitative estimate of drug-likeness (QED) is 0.843. The molecule has 1 aliphatic carbocycles. The number of rotatable bonds is 3. The molecule has 0 atom stereocenters. The molecule has 1 aliphatic rings. The third kappa shape index (κ3) is 3.93. The zero-order valence-corrected chi connectivity index (χ0v) is 12.3. The average molecular weight is 300 g/mol. The van der Waals surface area contributed by atoms with Gasteiger partial charge in [-0.25, -0.2) is 17.5 Å². The Balaban J connectivity index is 2.15. The molecule has 1 aromatic rings. The minimum atomic E-state index is -3.76. The summed E-state index contributed by atoms with van der Waals surface area (Å²) in [5.74, 6) is -0.600. The first-order valence-electron chi connectivity index (χ1n) is 7.06. The summed E-state index contributed by atoms with van der Waals surface area (Å²) in [5.41, 5.74) is 5.72. The van der Waals surface area contributed by atoms with Crippen LogP contribution in [-0.4, -0.2) is 14.5 Å². The largest absolute Gasteiger partial charge is 0.398 e. The molecule has 2 rings (SSSR count). The van der Waals surface area contributed by atoms with Gasteiger partial charge in [-0.1, -0.05) is 32.1 Å². The summed E-state index contributed by atoms with van der Waals surface area (Å²) in [6.45, 7) is 0. The lowest BCUT2D eigenvalue weighted by Crippen LogP contribution is -2.35. The van der Waals surface area contributed by atoms with Crippen molar-refractivity contribution in [3.05, 3.63) is 24.0 Å². The Morgan fingerprint density at radius 3 is 2.35 bits per heavy atom. The standard InChI is InChI=1S/C14H21FN2O2S/c15-11-8-9-13(16)14(10-11)20(18,19)17-12-6-4-2-1-3-5-7-12/h8-10,12,17H,1-7,16H2. The maximum atomic E-state index is 13.2. The highest BCUT2D eigenvalue weighted by Crippen LogP contribution is 2.22. The van der Waals surface area contributed by atoms with Crippen LogP contribution in [0.3, 0.4) is 0 Å². The number of anilines is 1. The smallest absolute Gasteiger partial charge is 0.242 e. The number of hydrogen-bond donors (Lipinski definition) is 2.